The molecule has 0 aliphatic carbocycles. The van der Waals surface area contributed by atoms with Crippen LogP contribution in [0.4, 0.5) is 0 Å². The van der Waals surface area contributed by atoms with Gasteiger partial charge in [0.15, 0.2) is 5.82 Å². The molecule has 24 heavy (non-hydrogen) atoms. The zero-order valence-corrected chi connectivity index (χ0v) is 13.9. The quantitative estimate of drug-likeness (QED) is 0.777. The van der Waals surface area contributed by atoms with E-state index in [0.717, 1.165) is 11.3 Å². The molecule has 1 amide bonds. The van der Waals surface area contributed by atoms with Crippen molar-refractivity contribution in [1.82, 2.24) is 25.0 Å². The molecule has 0 spiro atoms. The van der Waals surface area contributed by atoms with Crippen LogP contribution in [0.1, 0.15) is 38.0 Å². The molecule has 1 N–H and O–H groups in total. The van der Waals surface area contributed by atoms with Crippen molar-refractivity contribution in [3.8, 4) is 5.69 Å². The van der Waals surface area contributed by atoms with E-state index in [1.165, 1.54) is 6.92 Å². The van der Waals surface area contributed by atoms with E-state index in [1.807, 2.05) is 48.9 Å². The predicted molar refractivity (Wildman–Crippen MR) is 87.5 cm³/mol. The Morgan fingerprint density at radius 1 is 1.29 bits per heavy atom. The highest BCUT2D eigenvalue weighted by Crippen LogP contribution is 2.18. The average Bonchev–Trinajstić information content (AvgIpc) is 3.18. The Kier molecular flexibility index (Phi) is 4.16. The van der Waals surface area contributed by atoms with E-state index in [4.69, 9.17) is 4.52 Å². The van der Waals surface area contributed by atoms with Crippen molar-refractivity contribution in [3.05, 3.63) is 60.3 Å². The molecule has 2 aromatic heterocycles. The van der Waals surface area contributed by atoms with Crippen LogP contribution in [0.25, 0.3) is 5.69 Å². The molecule has 3 rings (SSSR count). The van der Waals surface area contributed by atoms with Crippen LogP contribution < -0.4 is 5.32 Å². The lowest BCUT2D eigenvalue weighted by Crippen LogP contribution is -2.40. The maximum atomic E-state index is 11.3. The van der Waals surface area contributed by atoms with Crippen LogP contribution in [0.5, 0.6) is 0 Å². The number of aromatic nitrogens is 4. The van der Waals surface area contributed by atoms with Gasteiger partial charge in [-0.1, -0.05) is 17.3 Å². The molecule has 0 bridgehead atoms. The maximum Gasteiger partial charge on any atom is 0.231 e. The molecule has 0 aliphatic heterocycles. The third-order valence-electron chi connectivity index (χ3n) is 3.61. The minimum atomic E-state index is -0.668. The highest BCUT2D eigenvalue weighted by molar-refractivity contribution is 5.73. The smallest absolute Gasteiger partial charge is 0.231 e. The first-order valence-corrected chi connectivity index (χ1v) is 7.63. The topological polar surface area (TPSA) is 85.8 Å². The van der Waals surface area contributed by atoms with Gasteiger partial charge in [-0.05, 0) is 31.5 Å². The number of hydrogen-bond acceptors (Lipinski definition) is 5. The molecule has 0 fully saturated rings. The number of nitrogens with one attached hydrogen (secondary N) is 1. The van der Waals surface area contributed by atoms with E-state index in [9.17, 15) is 4.79 Å². The molecule has 0 saturated heterocycles. The van der Waals surface area contributed by atoms with Crippen molar-refractivity contribution in [2.24, 2.45) is 0 Å². The highest BCUT2D eigenvalue weighted by atomic mass is 16.5. The SMILES string of the molecule is CC(=O)NC(C)(C)c1noc(Cc2ccc(-n3ccnc3)cc2)n1. The van der Waals surface area contributed by atoms with Gasteiger partial charge in [0.2, 0.25) is 11.8 Å². The molecule has 0 unspecified atom stereocenters. The lowest BCUT2D eigenvalue weighted by atomic mass is 10.1. The average molecular weight is 325 g/mol. The number of benzene rings is 1. The molecule has 124 valence electrons. The molecular formula is C17H19N5O2. The summed E-state index contributed by atoms with van der Waals surface area (Å²) in [6.07, 6.45) is 5.92. The molecule has 0 atom stereocenters. The fourth-order valence-electron chi connectivity index (χ4n) is 2.45. The largest absolute Gasteiger partial charge is 0.344 e. The van der Waals surface area contributed by atoms with E-state index in [2.05, 4.69) is 20.4 Å². The van der Waals surface area contributed by atoms with Crippen molar-refractivity contribution < 1.29 is 9.32 Å². The molecule has 0 saturated carbocycles. The van der Waals surface area contributed by atoms with Crippen molar-refractivity contribution in [2.45, 2.75) is 32.7 Å². The minimum Gasteiger partial charge on any atom is -0.344 e. The second kappa shape index (κ2) is 6.27. The van der Waals surface area contributed by atoms with Gasteiger partial charge in [-0.2, -0.15) is 4.98 Å². The van der Waals surface area contributed by atoms with Gasteiger partial charge in [0.05, 0.1) is 18.3 Å². The summed E-state index contributed by atoms with van der Waals surface area (Å²) in [5.74, 6) is 0.836. The first-order valence-electron chi connectivity index (χ1n) is 7.63. The summed E-state index contributed by atoms with van der Waals surface area (Å²) in [6.45, 7) is 5.14. The van der Waals surface area contributed by atoms with Gasteiger partial charge in [0, 0.05) is 25.0 Å². The fourth-order valence-corrected chi connectivity index (χ4v) is 2.45. The molecular weight excluding hydrogens is 306 g/mol. The van der Waals surface area contributed by atoms with E-state index < -0.39 is 5.54 Å². The fraction of sp³-hybridized carbons (Fsp3) is 0.294. The number of carbonyl (C=O) groups excluding carboxylic acids is 1. The van der Waals surface area contributed by atoms with Gasteiger partial charge in [0.1, 0.15) is 0 Å². The van der Waals surface area contributed by atoms with E-state index in [1.54, 1.807) is 12.5 Å². The summed E-state index contributed by atoms with van der Waals surface area (Å²) >= 11 is 0. The predicted octanol–water partition coefficient (Wildman–Crippen LogP) is 2.22. The minimum absolute atomic E-state index is 0.138. The van der Waals surface area contributed by atoms with E-state index in [0.29, 0.717) is 18.1 Å². The molecule has 7 heteroatoms. The molecule has 7 nitrogen and oxygen atoms in total. The Morgan fingerprint density at radius 3 is 2.67 bits per heavy atom. The Bertz CT molecular complexity index is 819. The van der Waals surface area contributed by atoms with E-state index >= 15 is 0 Å². The Morgan fingerprint density at radius 2 is 2.04 bits per heavy atom. The van der Waals surface area contributed by atoms with Gasteiger partial charge < -0.3 is 14.4 Å². The lowest BCUT2D eigenvalue weighted by Gasteiger charge is -2.20. The van der Waals surface area contributed by atoms with Crippen LogP contribution in [0.2, 0.25) is 0 Å². The van der Waals surface area contributed by atoms with Gasteiger partial charge in [-0.15, -0.1) is 0 Å². The number of carbonyl (C=O) groups is 1. The standard InChI is InChI=1S/C17H19N5O2/c1-12(23)20-17(2,3)16-19-15(24-21-16)10-13-4-6-14(7-5-13)22-9-8-18-11-22/h4-9,11H,10H2,1-3H3,(H,20,23). The Hall–Kier alpha value is -2.96. The lowest BCUT2D eigenvalue weighted by molar-refractivity contribution is -0.120. The number of imidazole rings is 1. The second-order valence-electron chi connectivity index (χ2n) is 6.13. The van der Waals surface area contributed by atoms with Crippen molar-refractivity contribution in [2.75, 3.05) is 0 Å². The molecule has 1 aromatic carbocycles. The van der Waals surface area contributed by atoms with Gasteiger partial charge in [-0.25, -0.2) is 4.98 Å². The van der Waals surface area contributed by atoms with Crippen LogP contribution in [0.3, 0.4) is 0 Å². The molecule has 3 aromatic rings. The number of hydrogen-bond donors (Lipinski definition) is 1. The van der Waals surface area contributed by atoms with Crippen molar-refractivity contribution in [3.63, 3.8) is 0 Å². The van der Waals surface area contributed by atoms with Crippen LogP contribution in [0, 0.1) is 0 Å². The summed E-state index contributed by atoms with van der Waals surface area (Å²) in [5, 5.41) is 6.79. The van der Waals surface area contributed by atoms with Crippen molar-refractivity contribution in [1.29, 1.82) is 0 Å². The number of rotatable bonds is 5. The third kappa shape index (κ3) is 3.51. The van der Waals surface area contributed by atoms with Crippen LogP contribution in [-0.4, -0.2) is 25.6 Å². The van der Waals surface area contributed by atoms with Gasteiger partial charge >= 0.3 is 0 Å². The zero-order valence-electron chi connectivity index (χ0n) is 13.9. The summed E-state index contributed by atoms with van der Waals surface area (Å²) in [4.78, 5) is 19.7. The normalized spacial score (nSPS) is 11.5. The van der Waals surface area contributed by atoms with Crippen LogP contribution in [0.15, 0.2) is 47.5 Å². The van der Waals surface area contributed by atoms with E-state index in [-0.39, 0.29) is 5.91 Å². The third-order valence-corrected chi connectivity index (χ3v) is 3.61. The number of amides is 1. The zero-order chi connectivity index (χ0) is 17.2. The van der Waals surface area contributed by atoms with Gasteiger partial charge in [-0.3, -0.25) is 4.79 Å². The summed E-state index contributed by atoms with van der Waals surface area (Å²) < 4.78 is 7.25. The summed E-state index contributed by atoms with van der Waals surface area (Å²) in [5.41, 5.74) is 1.43. The Balaban J connectivity index is 1.72. The highest BCUT2D eigenvalue weighted by Gasteiger charge is 2.27. The monoisotopic (exact) mass is 325 g/mol. The molecule has 0 radical (unpaired) electrons. The Labute approximate surface area is 139 Å². The maximum absolute atomic E-state index is 11.3. The van der Waals surface area contributed by atoms with Crippen LogP contribution >= 0.6 is 0 Å². The first-order chi connectivity index (χ1) is 11.4. The van der Waals surface area contributed by atoms with Gasteiger partial charge in [0.25, 0.3) is 0 Å². The number of nitrogens with zero attached hydrogens (tertiary/aromatic N) is 4. The summed E-state index contributed by atoms with van der Waals surface area (Å²) in [6, 6.07) is 8.04. The molecule has 0 aliphatic rings. The second-order valence-corrected chi connectivity index (χ2v) is 6.13. The molecule has 2 heterocycles. The first kappa shape index (κ1) is 15.9. The van der Waals surface area contributed by atoms with Crippen LogP contribution in [-0.2, 0) is 16.8 Å². The summed E-state index contributed by atoms with van der Waals surface area (Å²) in [7, 11) is 0. The van der Waals surface area contributed by atoms with Crippen molar-refractivity contribution >= 4 is 5.91 Å².